The fourth-order valence-electron chi connectivity index (χ4n) is 1.40. The Bertz CT molecular complexity index is 497. The van der Waals surface area contributed by atoms with Crippen LogP contribution in [0.25, 0.3) is 11.3 Å². The number of para-hydroxylation sites is 1. The predicted octanol–water partition coefficient (Wildman–Crippen LogP) is 2.21. The van der Waals surface area contributed by atoms with Crippen LogP contribution in [0, 0.1) is 0 Å². The summed E-state index contributed by atoms with van der Waals surface area (Å²) in [5.74, 6) is 0.411. The SMILES string of the molecule is NC(=O)Oc1ccccc1-c1ccccn1. The summed E-state index contributed by atoms with van der Waals surface area (Å²) < 4.78 is 4.90. The smallest absolute Gasteiger partial charge is 0.409 e. The second-order valence-corrected chi connectivity index (χ2v) is 3.13. The number of carbonyl (C=O) groups excluding carboxylic acids is 1. The molecule has 0 radical (unpaired) electrons. The van der Waals surface area contributed by atoms with Crippen LogP contribution in [0.4, 0.5) is 4.79 Å². The predicted molar refractivity (Wildman–Crippen MR) is 59.9 cm³/mol. The molecule has 4 nitrogen and oxygen atoms in total. The molecule has 0 spiro atoms. The van der Waals surface area contributed by atoms with Gasteiger partial charge in [0.25, 0.3) is 0 Å². The van der Waals surface area contributed by atoms with Crippen LogP contribution in [-0.2, 0) is 0 Å². The molecule has 0 aliphatic heterocycles. The maximum Gasteiger partial charge on any atom is 0.409 e. The van der Waals surface area contributed by atoms with Crippen LogP contribution in [0.3, 0.4) is 0 Å². The third-order valence-corrected chi connectivity index (χ3v) is 2.04. The van der Waals surface area contributed by atoms with E-state index in [9.17, 15) is 4.79 Å². The normalized spacial score (nSPS) is 9.75. The van der Waals surface area contributed by atoms with Gasteiger partial charge in [-0.1, -0.05) is 18.2 Å². The number of hydrogen-bond acceptors (Lipinski definition) is 3. The van der Waals surface area contributed by atoms with Crippen molar-refractivity contribution in [3.63, 3.8) is 0 Å². The summed E-state index contributed by atoms with van der Waals surface area (Å²) in [5, 5.41) is 0. The molecule has 0 aliphatic rings. The fraction of sp³-hybridized carbons (Fsp3) is 0. The summed E-state index contributed by atoms with van der Waals surface area (Å²) >= 11 is 0. The number of amides is 1. The van der Waals surface area contributed by atoms with Gasteiger partial charge in [0.2, 0.25) is 0 Å². The van der Waals surface area contributed by atoms with Gasteiger partial charge in [0.1, 0.15) is 5.75 Å². The molecule has 80 valence electrons. The maximum absolute atomic E-state index is 10.7. The molecule has 1 heterocycles. The molecule has 2 N–H and O–H groups in total. The Morgan fingerprint density at radius 1 is 1.12 bits per heavy atom. The number of aromatic nitrogens is 1. The van der Waals surface area contributed by atoms with E-state index < -0.39 is 6.09 Å². The van der Waals surface area contributed by atoms with Gasteiger partial charge in [-0.15, -0.1) is 0 Å². The molecule has 0 saturated heterocycles. The minimum absolute atomic E-state index is 0.411. The van der Waals surface area contributed by atoms with E-state index in [4.69, 9.17) is 10.5 Å². The van der Waals surface area contributed by atoms with Crippen LogP contribution < -0.4 is 10.5 Å². The highest BCUT2D eigenvalue weighted by molar-refractivity contribution is 5.74. The second-order valence-electron chi connectivity index (χ2n) is 3.13. The molecule has 2 rings (SSSR count). The highest BCUT2D eigenvalue weighted by Crippen LogP contribution is 2.27. The summed E-state index contributed by atoms with van der Waals surface area (Å²) in [6.07, 6.45) is 0.847. The molecule has 1 aromatic carbocycles. The molecule has 1 aromatic heterocycles. The number of carbonyl (C=O) groups is 1. The number of benzene rings is 1. The number of nitrogens with zero attached hydrogens (tertiary/aromatic N) is 1. The zero-order valence-electron chi connectivity index (χ0n) is 8.46. The van der Waals surface area contributed by atoms with Gasteiger partial charge in [-0.25, -0.2) is 4.79 Å². The quantitative estimate of drug-likeness (QED) is 0.833. The summed E-state index contributed by atoms with van der Waals surface area (Å²) in [6, 6.07) is 12.6. The molecule has 0 fully saturated rings. The van der Waals surface area contributed by atoms with Crippen LogP contribution in [0.2, 0.25) is 0 Å². The minimum atomic E-state index is -0.830. The third-order valence-electron chi connectivity index (χ3n) is 2.04. The number of primary amides is 1. The Kier molecular flexibility index (Phi) is 2.82. The van der Waals surface area contributed by atoms with Crippen molar-refractivity contribution in [3.8, 4) is 17.0 Å². The second kappa shape index (κ2) is 4.44. The Morgan fingerprint density at radius 3 is 2.56 bits per heavy atom. The van der Waals surface area contributed by atoms with Gasteiger partial charge in [-0.3, -0.25) is 4.98 Å². The Balaban J connectivity index is 2.44. The van der Waals surface area contributed by atoms with E-state index in [1.54, 1.807) is 18.3 Å². The minimum Gasteiger partial charge on any atom is -0.410 e. The number of hydrogen-bond donors (Lipinski definition) is 1. The molecule has 2 aromatic rings. The van der Waals surface area contributed by atoms with Gasteiger partial charge in [-0.2, -0.15) is 0 Å². The van der Waals surface area contributed by atoms with Crippen LogP contribution in [0.1, 0.15) is 0 Å². The van der Waals surface area contributed by atoms with Gasteiger partial charge in [0, 0.05) is 11.8 Å². The lowest BCUT2D eigenvalue weighted by molar-refractivity contribution is 0.211. The molecular weight excluding hydrogens is 204 g/mol. The highest BCUT2D eigenvalue weighted by Gasteiger charge is 2.08. The van der Waals surface area contributed by atoms with E-state index in [0.29, 0.717) is 5.75 Å². The summed E-state index contributed by atoms with van der Waals surface area (Å²) in [5.41, 5.74) is 6.46. The number of pyridine rings is 1. The zero-order chi connectivity index (χ0) is 11.4. The monoisotopic (exact) mass is 214 g/mol. The van der Waals surface area contributed by atoms with Gasteiger partial charge < -0.3 is 10.5 Å². The van der Waals surface area contributed by atoms with E-state index >= 15 is 0 Å². The third kappa shape index (κ3) is 2.17. The van der Waals surface area contributed by atoms with Crippen LogP contribution in [-0.4, -0.2) is 11.1 Å². The van der Waals surface area contributed by atoms with Crippen LogP contribution in [0.5, 0.6) is 5.75 Å². The lowest BCUT2D eigenvalue weighted by Crippen LogP contribution is -2.16. The molecule has 0 aliphatic carbocycles. The van der Waals surface area contributed by atoms with Crippen molar-refractivity contribution in [1.82, 2.24) is 4.98 Å². The molecule has 0 bridgehead atoms. The van der Waals surface area contributed by atoms with Gasteiger partial charge in [0.05, 0.1) is 5.69 Å². The molecule has 16 heavy (non-hydrogen) atoms. The van der Waals surface area contributed by atoms with Crippen molar-refractivity contribution < 1.29 is 9.53 Å². The topological polar surface area (TPSA) is 65.2 Å². The van der Waals surface area contributed by atoms with Crippen molar-refractivity contribution in [3.05, 3.63) is 48.7 Å². The molecule has 0 saturated carbocycles. The Morgan fingerprint density at radius 2 is 1.88 bits per heavy atom. The van der Waals surface area contributed by atoms with E-state index in [-0.39, 0.29) is 0 Å². The van der Waals surface area contributed by atoms with Crippen molar-refractivity contribution in [1.29, 1.82) is 0 Å². The fourth-order valence-corrected chi connectivity index (χ4v) is 1.40. The van der Waals surface area contributed by atoms with Gasteiger partial charge in [-0.05, 0) is 24.3 Å². The average molecular weight is 214 g/mol. The average Bonchev–Trinajstić information content (AvgIpc) is 2.30. The van der Waals surface area contributed by atoms with Crippen molar-refractivity contribution in [2.45, 2.75) is 0 Å². The summed E-state index contributed by atoms with van der Waals surface area (Å²) in [7, 11) is 0. The zero-order valence-corrected chi connectivity index (χ0v) is 8.46. The Labute approximate surface area is 92.7 Å². The number of ether oxygens (including phenoxy) is 1. The standard InChI is InChI=1S/C12H10N2O2/c13-12(15)16-11-7-2-1-5-9(11)10-6-3-4-8-14-10/h1-8H,(H2,13,15). The maximum atomic E-state index is 10.7. The lowest BCUT2D eigenvalue weighted by Gasteiger charge is -2.07. The van der Waals surface area contributed by atoms with Gasteiger partial charge >= 0.3 is 6.09 Å². The lowest BCUT2D eigenvalue weighted by atomic mass is 10.1. The highest BCUT2D eigenvalue weighted by atomic mass is 16.5. The molecule has 4 heteroatoms. The first-order valence-electron chi connectivity index (χ1n) is 4.75. The molecule has 1 amide bonds. The van der Waals surface area contributed by atoms with E-state index in [2.05, 4.69) is 4.98 Å². The van der Waals surface area contributed by atoms with E-state index in [1.807, 2.05) is 30.3 Å². The molecular formula is C12H10N2O2. The number of nitrogens with two attached hydrogens (primary N) is 1. The first kappa shape index (κ1) is 10.2. The van der Waals surface area contributed by atoms with Gasteiger partial charge in [0.15, 0.2) is 0 Å². The van der Waals surface area contributed by atoms with Crippen molar-refractivity contribution >= 4 is 6.09 Å². The molecule has 0 atom stereocenters. The molecule has 0 unspecified atom stereocenters. The van der Waals surface area contributed by atoms with Crippen molar-refractivity contribution in [2.75, 3.05) is 0 Å². The first-order chi connectivity index (χ1) is 7.77. The van der Waals surface area contributed by atoms with Crippen LogP contribution in [0.15, 0.2) is 48.7 Å². The largest absolute Gasteiger partial charge is 0.410 e. The van der Waals surface area contributed by atoms with Crippen molar-refractivity contribution in [2.24, 2.45) is 5.73 Å². The van der Waals surface area contributed by atoms with E-state index in [0.717, 1.165) is 11.3 Å². The van der Waals surface area contributed by atoms with Crippen LogP contribution >= 0.6 is 0 Å². The first-order valence-corrected chi connectivity index (χ1v) is 4.75. The summed E-state index contributed by atoms with van der Waals surface area (Å²) in [6.45, 7) is 0. The Hall–Kier alpha value is -2.36. The summed E-state index contributed by atoms with van der Waals surface area (Å²) in [4.78, 5) is 14.9. The van der Waals surface area contributed by atoms with E-state index in [1.165, 1.54) is 0 Å². The number of rotatable bonds is 2.